The smallest absolute Gasteiger partial charge is 0.497 e. The first kappa shape index (κ1) is 24.8. The Morgan fingerprint density at radius 3 is 2.14 bits per heavy atom. The highest BCUT2D eigenvalue weighted by Crippen LogP contribution is 2.30. The average Bonchev–Trinajstić information content (AvgIpc) is 2.65. The number of hydrogen-bond acceptors (Lipinski definition) is 5. The van der Waals surface area contributed by atoms with Crippen molar-refractivity contribution >= 4 is 45.5 Å². The predicted octanol–water partition coefficient (Wildman–Crippen LogP) is 3.41. The molecule has 2 aromatic carbocycles. The lowest BCUT2D eigenvalue weighted by Gasteiger charge is -2.09. The van der Waals surface area contributed by atoms with Crippen LogP contribution in [-0.2, 0) is 9.84 Å². The van der Waals surface area contributed by atoms with Crippen LogP contribution in [-0.4, -0.2) is 40.1 Å². The molecule has 0 unspecified atom stereocenters. The summed E-state index contributed by atoms with van der Waals surface area (Å²) in [5.41, 5.74) is 1.11. The number of nitrogens with two attached hydrogens (primary N) is 1. The van der Waals surface area contributed by atoms with Gasteiger partial charge in [-0.1, -0.05) is 0 Å². The van der Waals surface area contributed by atoms with Crippen LogP contribution in [0.5, 0.6) is 11.5 Å². The molecule has 7 nitrogen and oxygen atoms in total. The Bertz CT molecular complexity index is 918. The van der Waals surface area contributed by atoms with Crippen molar-refractivity contribution in [2.75, 3.05) is 25.6 Å². The number of nitrogens with zero attached hydrogens (tertiary/aromatic N) is 1. The summed E-state index contributed by atoms with van der Waals surface area (Å²) in [5.74, 6) is 1.06. The molecular weight excluding hydrogens is 526 g/mol. The maximum atomic E-state index is 12.5. The van der Waals surface area contributed by atoms with E-state index in [1.807, 2.05) is 0 Å². The Morgan fingerprint density at radius 1 is 1.07 bits per heavy atom. The second-order valence-electron chi connectivity index (χ2n) is 5.39. The van der Waals surface area contributed by atoms with Crippen molar-refractivity contribution in [1.82, 2.24) is 0 Å². The summed E-state index contributed by atoms with van der Waals surface area (Å²) in [4.78, 5) is 3.20. The Kier molecular flexibility index (Phi) is 9.01. The van der Waals surface area contributed by atoms with Crippen molar-refractivity contribution in [3.8, 4) is 11.5 Å². The number of methoxy groups -OCH3 is 1. The van der Waals surface area contributed by atoms with Gasteiger partial charge in [0.25, 0.3) is 9.84 Å². The van der Waals surface area contributed by atoms with E-state index in [9.17, 15) is 21.6 Å². The average molecular weight is 545 g/mol. The molecule has 0 aliphatic carbocycles. The number of rotatable bonds is 7. The summed E-state index contributed by atoms with van der Waals surface area (Å²) in [6.45, 7) is 0.272. The van der Waals surface area contributed by atoms with E-state index in [0.29, 0.717) is 11.4 Å². The molecule has 0 radical (unpaired) electrons. The normalized spacial score (nSPS) is 12.1. The van der Waals surface area contributed by atoms with Crippen LogP contribution in [0.3, 0.4) is 0 Å². The van der Waals surface area contributed by atoms with Gasteiger partial charge in [-0.3, -0.25) is 0 Å². The number of ether oxygens (including phenoxy) is 2. The molecular formula is C17H19F3IN3O4S. The van der Waals surface area contributed by atoms with E-state index in [2.05, 4.69) is 10.3 Å². The molecule has 0 aliphatic rings. The van der Waals surface area contributed by atoms with Crippen molar-refractivity contribution < 1.29 is 31.1 Å². The van der Waals surface area contributed by atoms with Gasteiger partial charge in [-0.05, 0) is 48.5 Å². The summed E-state index contributed by atoms with van der Waals surface area (Å²) in [5, 5.41) is 2.87. The minimum absolute atomic E-state index is 0. The Hall–Kier alpha value is -2.22. The zero-order valence-electron chi connectivity index (χ0n) is 15.1. The van der Waals surface area contributed by atoms with E-state index in [1.165, 1.54) is 0 Å². The molecule has 0 bridgehead atoms. The molecule has 0 heterocycles. The molecule has 0 atom stereocenters. The van der Waals surface area contributed by atoms with Gasteiger partial charge in [-0.15, -0.1) is 24.0 Å². The van der Waals surface area contributed by atoms with Crippen LogP contribution < -0.4 is 20.5 Å². The number of aliphatic imine (C=N–C) groups is 1. The van der Waals surface area contributed by atoms with E-state index < -0.39 is 20.2 Å². The lowest BCUT2D eigenvalue weighted by molar-refractivity contribution is -0.0436. The summed E-state index contributed by atoms with van der Waals surface area (Å²) < 4.78 is 70.3. The molecule has 29 heavy (non-hydrogen) atoms. The lowest BCUT2D eigenvalue weighted by Crippen LogP contribution is -2.23. The highest BCUT2D eigenvalue weighted by Gasteiger charge is 2.46. The van der Waals surface area contributed by atoms with Crippen LogP contribution in [0.1, 0.15) is 0 Å². The molecule has 3 N–H and O–H groups in total. The molecule has 0 spiro atoms. The fraction of sp³-hybridized carbons (Fsp3) is 0.235. The van der Waals surface area contributed by atoms with Crippen LogP contribution in [0.15, 0.2) is 58.4 Å². The van der Waals surface area contributed by atoms with Crippen LogP contribution in [0.2, 0.25) is 0 Å². The van der Waals surface area contributed by atoms with Crippen molar-refractivity contribution in [3.05, 3.63) is 48.5 Å². The fourth-order valence-electron chi connectivity index (χ4n) is 2.04. The van der Waals surface area contributed by atoms with Gasteiger partial charge in [0, 0.05) is 5.69 Å². The molecule has 0 aliphatic heterocycles. The molecule has 2 rings (SSSR count). The molecule has 160 valence electrons. The van der Waals surface area contributed by atoms with E-state index in [1.54, 1.807) is 31.4 Å². The summed E-state index contributed by atoms with van der Waals surface area (Å²) >= 11 is 0. The van der Waals surface area contributed by atoms with Gasteiger partial charge in [0.2, 0.25) is 0 Å². The first-order valence-corrected chi connectivity index (χ1v) is 9.37. The zero-order chi connectivity index (χ0) is 20.8. The van der Waals surface area contributed by atoms with E-state index in [0.717, 1.165) is 24.3 Å². The first-order valence-electron chi connectivity index (χ1n) is 7.88. The highest BCUT2D eigenvalue weighted by atomic mass is 127. The van der Waals surface area contributed by atoms with Crippen LogP contribution in [0, 0.1) is 0 Å². The van der Waals surface area contributed by atoms with E-state index in [-0.39, 0.29) is 48.8 Å². The number of alkyl halides is 3. The number of sulfone groups is 1. The minimum atomic E-state index is -5.37. The summed E-state index contributed by atoms with van der Waals surface area (Å²) in [7, 11) is -3.82. The third-order valence-electron chi connectivity index (χ3n) is 3.44. The van der Waals surface area contributed by atoms with Gasteiger partial charge in [0.15, 0.2) is 5.96 Å². The summed E-state index contributed by atoms with van der Waals surface area (Å²) in [6.07, 6.45) is 0. The molecule has 0 aromatic heterocycles. The number of hydrogen-bond donors (Lipinski definition) is 2. The van der Waals surface area contributed by atoms with Crippen molar-refractivity contribution in [3.63, 3.8) is 0 Å². The maximum Gasteiger partial charge on any atom is 0.501 e. The topological polar surface area (TPSA) is 103 Å². The van der Waals surface area contributed by atoms with E-state index in [4.69, 9.17) is 15.2 Å². The minimum Gasteiger partial charge on any atom is -0.497 e. The highest BCUT2D eigenvalue weighted by molar-refractivity contribution is 14.0. The molecule has 12 heteroatoms. The van der Waals surface area contributed by atoms with Crippen molar-refractivity contribution in [2.45, 2.75) is 10.4 Å². The maximum absolute atomic E-state index is 12.5. The van der Waals surface area contributed by atoms with Gasteiger partial charge < -0.3 is 20.5 Å². The third kappa shape index (κ3) is 6.96. The lowest BCUT2D eigenvalue weighted by atomic mass is 10.3. The largest absolute Gasteiger partial charge is 0.501 e. The SMILES string of the molecule is COc1ccc(NC(N)=NCCOc2ccc(S(=O)(=O)C(F)(F)F)cc2)cc1.I. The Morgan fingerprint density at radius 2 is 1.62 bits per heavy atom. The molecule has 0 saturated heterocycles. The number of benzene rings is 2. The molecule has 2 aromatic rings. The Labute approximate surface area is 183 Å². The molecule has 0 saturated carbocycles. The van der Waals surface area contributed by atoms with Gasteiger partial charge >= 0.3 is 5.51 Å². The second-order valence-corrected chi connectivity index (χ2v) is 7.33. The second kappa shape index (κ2) is 10.5. The summed E-state index contributed by atoms with van der Waals surface area (Å²) in [6, 6.07) is 11.0. The Balaban J connectivity index is 0.00000420. The van der Waals surface area contributed by atoms with Crippen molar-refractivity contribution in [1.29, 1.82) is 0 Å². The van der Waals surface area contributed by atoms with Gasteiger partial charge in [0.05, 0.1) is 18.6 Å². The zero-order valence-corrected chi connectivity index (χ0v) is 18.3. The van der Waals surface area contributed by atoms with Gasteiger partial charge in [-0.2, -0.15) is 13.2 Å². The monoisotopic (exact) mass is 545 g/mol. The van der Waals surface area contributed by atoms with Crippen molar-refractivity contribution in [2.24, 2.45) is 10.7 Å². The van der Waals surface area contributed by atoms with Crippen LogP contribution in [0.25, 0.3) is 0 Å². The third-order valence-corrected chi connectivity index (χ3v) is 4.95. The fourth-order valence-corrected chi connectivity index (χ4v) is 2.80. The molecule has 0 amide bonds. The first-order chi connectivity index (χ1) is 13.1. The predicted molar refractivity (Wildman–Crippen MR) is 114 cm³/mol. The van der Waals surface area contributed by atoms with Crippen LogP contribution in [0.4, 0.5) is 18.9 Å². The molecule has 0 fully saturated rings. The number of halogens is 4. The van der Waals surface area contributed by atoms with Gasteiger partial charge in [-0.25, -0.2) is 13.4 Å². The number of anilines is 1. The van der Waals surface area contributed by atoms with E-state index >= 15 is 0 Å². The standard InChI is InChI=1S/C17H18F3N3O4S.HI/c1-26-13-4-2-12(3-5-13)23-16(21)22-10-11-27-14-6-8-15(9-7-14)28(24,25)17(18,19)20;/h2-9H,10-11H2,1H3,(H3,21,22,23);1H. The number of guanidine groups is 1. The number of nitrogens with one attached hydrogen (secondary N) is 1. The van der Waals surface area contributed by atoms with Gasteiger partial charge in [0.1, 0.15) is 18.1 Å². The quantitative estimate of drug-likeness (QED) is 0.239. The van der Waals surface area contributed by atoms with Crippen LogP contribution >= 0.6 is 24.0 Å².